The van der Waals surface area contributed by atoms with Gasteiger partial charge in [-0.25, -0.2) is 9.97 Å². The number of aromatic nitrogens is 3. The third-order valence-electron chi connectivity index (χ3n) is 10.5. The number of furan rings is 1. The second-order valence-corrected chi connectivity index (χ2v) is 14.3. The Balaban J connectivity index is 1.12. The van der Waals surface area contributed by atoms with Gasteiger partial charge >= 0.3 is 0 Å². The first-order valence-corrected chi connectivity index (χ1v) is 18.5. The first kappa shape index (κ1) is 30.1. The summed E-state index contributed by atoms with van der Waals surface area (Å²) in [6.07, 6.45) is 0. The first-order valence-electron chi connectivity index (χ1n) is 17.7. The Kier molecular flexibility index (Phi) is 6.67. The summed E-state index contributed by atoms with van der Waals surface area (Å²) in [5.74, 6) is 1.47. The maximum atomic E-state index is 6.64. The Morgan fingerprint density at radius 2 is 1.13 bits per heavy atom. The van der Waals surface area contributed by atoms with Crippen molar-refractivity contribution in [3.8, 4) is 39.7 Å². The first-order chi connectivity index (χ1) is 26.2. The molecular formula is C48H28BrN3O. The number of fused-ring (bicyclic) bond motifs is 8. The van der Waals surface area contributed by atoms with E-state index in [-0.39, 0.29) is 0 Å². The number of halogens is 1. The molecule has 248 valence electrons. The molecule has 3 heterocycles. The summed E-state index contributed by atoms with van der Waals surface area (Å²) in [5, 5.41) is 9.05. The Labute approximate surface area is 312 Å². The summed E-state index contributed by atoms with van der Waals surface area (Å²) in [5.41, 5.74) is 9.03. The van der Waals surface area contributed by atoms with Crippen molar-refractivity contribution in [1.29, 1.82) is 0 Å². The average Bonchev–Trinajstić information content (AvgIpc) is 3.73. The molecule has 0 aliphatic rings. The predicted molar refractivity (Wildman–Crippen MR) is 223 cm³/mol. The zero-order valence-electron chi connectivity index (χ0n) is 28.3. The van der Waals surface area contributed by atoms with E-state index in [1.165, 1.54) is 10.8 Å². The minimum absolute atomic E-state index is 0.639. The normalized spacial score (nSPS) is 11.9. The van der Waals surface area contributed by atoms with Gasteiger partial charge in [-0.3, -0.25) is 4.57 Å². The topological polar surface area (TPSA) is 43.9 Å². The van der Waals surface area contributed by atoms with Crippen molar-refractivity contribution in [3.05, 3.63) is 174 Å². The summed E-state index contributed by atoms with van der Waals surface area (Å²) in [4.78, 5) is 10.7. The SMILES string of the molecule is Brc1c(-c2cccc3ccccc23)oc2cc(-c3ccc4c5ccccc5n(-c5nc(-c6ccccc6)c6c(ccc7ccccc76)n5)c4c3)ccc12. The summed E-state index contributed by atoms with van der Waals surface area (Å²) in [7, 11) is 0. The average molecular weight is 743 g/mol. The monoisotopic (exact) mass is 741 g/mol. The quantitative estimate of drug-likeness (QED) is 0.169. The molecule has 0 saturated heterocycles. The van der Waals surface area contributed by atoms with Crippen molar-refractivity contribution in [1.82, 2.24) is 14.5 Å². The number of hydrogen-bond acceptors (Lipinski definition) is 3. The van der Waals surface area contributed by atoms with Crippen LogP contribution >= 0.6 is 15.9 Å². The van der Waals surface area contributed by atoms with Crippen molar-refractivity contribution in [3.63, 3.8) is 0 Å². The lowest BCUT2D eigenvalue weighted by molar-refractivity contribution is 0.630. The fraction of sp³-hybridized carbons (Fsp3) is 0. The van der Waals surface area contributed by atoms with Gasteiger partial charge in [0.15, 0.2) is 0 Å². The molecule has 0 amide bonds. The Morgan fingerprint density at radius 1 is 0.472 bits per heavy atom. The molecule has 0 atom stereocenters. The number of benzene rings is 8. The van der Waals surface area contributed by atoms with Gasteiger partial charge in [-0.2, -0.15) is 0 Å². The van der Waals surface area contributed by atoms with Gasteiger partial charge in [0.1, 0.15) is 11.3 Å². The maximum absolute atomic E-state index is 6.64. The van der Waals surface area contributed by atoms with Gasteiger partial charge < -0.3 is 4.42 Å². The van der Waals surface area contributed by atoms with E-state index in [4.69, 9.17) is 14.4 Å². The van der Waals surface area contributed by atoms with Crippen LogP contribution in [0.25, 0.3) is 105 Å². The second kappa shape index (κ2) is 11.7. The van der Waals surface area contributed by atoms with Crippen LogP contribution in [0.15, 0.2) is 179 Å². The number of para-hydroxylation sites is 1. The molecule has 0 fully saturated rings. The van der Waals surface area contributed by atoms with Gasteiger partial charge in [-0.15, -0.1) is 0 Å². The highest BCUT2D eigenvalue weighted by atomic mass is 79.9. The van der Waals surface area contributed by atoms with Crippen LogP contribution in [0.2, 0.25) is 0 Å². The predicted octanol–water partition coefficient (Wildman–Crippen LogP) is 13.5. The molecule has 0 unspecified atom stereocenters. The zero-order valence-corrected chi connectivity index (χ0v) is 29.9. The van der Waals surface area contributed by atoms with Crippen molar-refractivity contribution >= 4 is 81.2 Å². The van der Waals surface area contributed by atoms with Crippen molar-refractivity contribution < 1.29 is 4.42 Å². The summed E-state index contributed by atoms with van der Waals surface area (Å²) >= 11 is 3.88. The molecule has 0 spiro atoms. The summed E-state index contributed by atoms with van der Waals surface area (Å²) in [6, 6.07) is 59.6. The number of hydrogen-bond donors (Lipinski definition) is 0. The number of rotatable bonds is 4. The van der Waals surface area contributed by atoms with E-state index in [0.717, 1.165) is 92.6 Å². The molecular weight excluding hydrogens is 714 g/mol. The largest absolute Gasteiger partial charge is 0.455 e. The fourth-order valence-corrected chi connectivity index (χ4v) is 8.62. The van der Waals surface area contributed by atoms with Crippen molar-refractivity contribution in [2.45, 2.75) is 0 Å². The molecule has 0 N–H and O–H groups in total. The molecule has 11 rings (SSSR count). The fourth-order valence-electron chi connectivity index (χ4n) is 8.00. The standard InChI is InChI=1S/C48H28BrN3O/c49-45-39-25-22-33(28-43(39)53-47(45)38-19-10-15-29-11-4-6-16-34(29)38)32-21-24-37-36-18-8-9-20-41(36)52(42(37)27-32)48-50-40-26-23-30-12-5-7-17-35(30)44(40)46(51-48)31-13-2-1-3-14-31/h1-28H. The van der Waals surface area contributed by atoms with E-state index in [9.17, 15) is 0 Å². The van der Waals surface area contributed by atoms with Crippen LogP contribution in [0, 0.1) is 0 Å². The second-order valence-electron chi connectivity index (χ2n) is 13.5. The zero-order chi connectivity index (χ0) is 35.0. The highest BCUT2D eigenvalue weighted by Gasteiger charge is 2.20. The minimum atomic E-state index is 0.639. The third kappa shape index (κ3) is 4.67. The molecule has 0 aliphatic carbocycles. The molecule has 0 aliphatic heterocycles. The Hall–Kier alpha value is -6.56. The van der Waals surface area contributed by atoms with Crippen LogP contribution in [0.1, 0.15) is 0 Å². The molecule has 0 radical (unpaired) electrons. The van der Waals surface area contributed by atoms with Gasteiger partial charge in [0, 0.05) is 32.7 Å². The van der Waals surface area contributed by atoms with E-state index in [1.807, 2.05) is 6.07 Å². The van der Waals surface area contributed by atoms with Crippen LogP contribution in [0.5, 0.6) is 0 Å². The number of nitrogens with zero attached hydrogens (tertiary/aromatic N) is 3. The molecule has 4 nitrogen and oxygen atoms in total. The molecule has 0 bridgehead atoms. The molecule has 5 heteroatoms. The van der Waals surface area contributed by atoms with Crippen molar-refractivity contribution in [2.75, 3.05) is 0 Å². The van der Waals surface area contributed by atoms with Crippen LogP contribution in [0.3, 0.4) is 0 Å². The smallest absolute Gasteiger partial charge is 0.235 e. The van der Waals surface area contributed by atoms with Crippen LogP contribution in [-0.2, 0) is 0 Å². The van der Waals surface area contributed by atoms with Gasteiger partial charge in [-0.05, 0) is 78.9 Å². The van der Waals surface area contributed by atoms with Crippen LogP contribution in [0.4, 0.5) is 0 Å². The third-order valence-corrected chi connectivity index (χ3v) is 11.3. The van der Waals surface area contributed by atoms with Gasteiger partial charge in [0.05, 0.1) is 26.7 Å². The highest BCUT2D eigenvalue weighted by Crippen LogP contribution is 2.43. The molecule has 8 aromatic carbocycles. The lowest BCUT2D eigenvalue weighted by Gasteiger charge is -2.14. The molecule has 3 aromatic heterocycles. The van der Waals surface area contributed by atoms with E-state index >= 15 is 0 Å². The lowest BCUT2D eigenvalue weighted by Crippen LogP contribution is -2.03. The highest BCUT2D eigenvalue weighted by molar-refractivity contribution is 9.10. The lowest BCUT2D eigenvalue weighted by atomic mass is 10.0. The van der Waals surface area contributed by atoms with Crippen molar-refractivity contribution in [2.24, 2.45) is 0 Å². The van der Waals surface area contributed by atoms with E-state index in [1.54, 1.807) is 0 Å². The van der Waals surface area contributed by atoms with Gasteiger partial charge in [-0.1, -0.05) is 140 Å². The van der Waals surface area contributed by atoms with Crippen LogP contribution in [-0.4, -0.2) is 14.5 Å². The Bertz CT molecular complexity index is 3250. The van der Waals surface area contributed by atoms with E-state index in [0.29, 0.717) is 5.95 Å². The molecule has 53 heavy (non-hydrogen) atoms. The molecule has 0 saturated carbocycles. The van der Waals surface area contributed by atoms with Gasteiger partial charge in [0.2, 0.25) is 5.95 Å². The summed E-state index contributed by atoms with van der Waals surface area (Å²) in [6.45, 7) is 0. The van der Waals surface area contributed by atoms with Crippen LogP contribution < -0.4 is 0 Å². The summed E-state index contributed by atoms with van der Waals surface area (Å²) < 4.78 is 9.82. The van der Waals surface area contributed by atoms with E-state index < -0.39 is 0 Å². The maximum Gasteiger partial charge on any atom is 0.235 e. The molecule has 11 aromatic rings. The van der Waals surface area contributed by atoms with Gasteiger partial charge in [0.25, 0.3) is 0 Å². The van der Waals surface area contributed by atoms with E-state index in [2.05, 4.69) is 184 Å². The minimum Gasteiger partial charge on any atom is -0.455 e. The Morgan fingerprint density at radius 3 is 1.98 bits per heavy atom.